The number of urea groups is 1. The van der Waals surface area contributed by atoms with Gasteiger partial charge in [0, 0.05) is 32.5 Å². The Morgan fingerprint density at radius 1 is 0.632 bits per heavy atom. The molecular weight excluding hydrogens is 500 g/mol. The highest BCUT2D eigenvalue weighted by atomic mass is 16.6. The van der Waals surface area contributed by atoms with Crippen molar-refractivity contribution >= 4 is 35.8 Å². The van der Waals surface area contributed by atoms with Gasteiger partial charge in [0.05, 0.1) is 19.4 Å². The minimum Gasteiger partial charge on any atom is -0.481 e. The topological polar surface area (TPSA) is 189 Å². The SMILES string of the molecule is CC(C)(C)OC(=O)CC(C)(C)OC(=O)CCCNC(=O)NCCCCCNC(=O)CNC(=O)CCC(=O)O. The molecule has 0 saturated heterocycles. The number of aliphatic carboxylic acids is 1. The van der Waals surface area contributed by atoms with Crippen LogP contribution in [0.25, 0.3) is 0 Å². The van der Waals surface area contributed by atoms with E-state index >= 15 is 0 Å². The summed E-state index contributed by atoms with van der Waals surface area (Å²) in [6.07, 6.45) is 2.11. The van der Waals surface area contributed by atoms with Gasteiger partial charge in [0.15, 0.2) is 0 Å². The van der Waals surface area contributed by atoms with E-state index in [0.29, 0.717) is 32.4 Å². The Hall–Kier alpha value is -3.38. The van der Waals surface area contributed by atoms with Crippen molar-refractivity contribution in [1.82, 2.24) is 21.3 Å². The second kappa shape index (κ2) is 18.0. The molecule has 0 rings (SSSR count). The number of carbonyl (C=O) groups is 6. The molecule has 0 aliphatic carbocycles. The zero-order valence-electron chi connectivity index (χ0n) is 23.2. The minimum absolute atomic E-state index is 0.0581. The van der Waals surface area contributed by atoms with Gasteiger partial charge in [0.1, 0.15) is 11.2 Å². The van der Waals surface area contributed by atoms with Crippen molar-refractivity contribution in [3.05, 3.63) is 0 Å². The summed E-state index contributed by atoms with van der Waals surface area (Å²) in [4.78, 5) is 69.2. The molecule has 0 radical (unpaired) electrons. The number of esters is 2. The number of unbranched alkanes of at least 4 members (excludes halogenated alkanes) is 2. The normalized spacial score (nSPS) is 11.2. The number of hydrogen-bond donors (Lipinski definition) is 5. The first-order valence-electron chi connectivity index (χ1n) is 12.8. The summed E-state index contributed by atoms with van der Waals surface area (Å²) < 4.78 is 10.6. The van der Waals surface area contributed by atoms with Crippen molar-refractivity contribution in [3.63, 3.8) is 0 Å². The summed E-state index contributed by atoms with van der Waals surface area (Å²) in [5, 5.41) is 18.9. The van der Waals surface area contributed by atoms with Gasteiger partial charge in [-0.15, -0.1) is 0 Å². The van der Waals surface area contributed by atoms with Crippen LogP contribution in [0, 0.1) is 0 Å². The summed E-state index contributed by atoms with van der Waals surface area (Å²) in [5.41, 5.74) is -1.61. The molecule has 218 valence electrons. The van der Waals surface area contributed by atoms with E-state index in [-0.39, 0.29) is 50.7 Å². The van der Waals surface area contributed by atoms with Crippen molar-refractivity contribution in [1.29, 1.82) is 0 Å². The number of ether oxygens (including phenoxy) is 2. The van der Waals surface area contributed by atoms with Crippen molar-refractivity contribution in [2.45, 2.75) is 97.2 Å². The summed E-state index contributed by atoms with van der Waals surface area (Å²) in [6, 6.07) is -0.351. The maximum Gasteiger partial charge on any atom is 0.314 e. The van der Waals surface area contributed by atoms with E-state index < -0.39 is 35.0 Å². The van der Waals surface area contributed by atoms with Gasteiger partial charge in [-0.2, -0.15) is 0 Å². The highest BCUT2D eigenvalue weighted by Gasteiger charge is 2.29. The van der Waals surface area contributed by atoms with Crippen LogP contribution >= 0.6 is 0 Å². The average molecular weight is 545 g/mol. The second-order valence-electron chi connectivity index (χ2n) is 10.4. The lowest BCUT2D eigenvalue weighted by atomic mass is 10.0. The first kappa shape index (κ1) is 34.6. The molecule has 4 amide bonds. The third kappa shape index (κ3) is 21.9. The van der Waals surface area contributed by atoms with Crippen LogP contribution < -0.4 is 21.3 Å². The molecule has 0 aromatic carbocycles. The number of carboxylic acids is 1. The Morgan fingerprint density at radius 3 is 1.79 bits per heavy atom. The maximum atomic E-state index is 12.1. The molecule has 13 heteroatoms. The number of rotatable bonds is 18. The fourth-order valence-electron chi connectivity index (χ4n) is 3.02. The number of nitrogens with one attached hydrogen (secondary N) is 4. The van der Waals surface area contributed by atoms with Gasteiger partial charge in [0.2, 0.25) is 11.8 Å². The lowest BCUT2D eigenvalue weighted by Crippen LogP contribution is -2.37. The van der Waals surface area contributed by atoms with Crippen LogP contribution in [0.3, 0.4) is 0 Å². The molecule has 0 fully saturated rings. The molecule has 0 unspecified atom stereocenters. The lowest BCUT2D eigenvalue weighted by Gasteiger charge is -2.27. The molecule has 0 aromatic rings. The summed E-state index contributed by atoms with van der Waals surface area (Å²) in [7, 11) is 0. The van der Waals surface area contributed by atoms with Crippen LogP contribution in [-0.2, 0) is 33.4 Å². The smallest absolute Gasteiger partial charge is 0.314 e. The van der Waals surface area contributed by atoms with E-state index in [9.17, 15) is 28.8 Å². The van der Waals surface area contributed by atoms with Crippen LogP contribution in [0.2, 0.25) is 0 Å². The minimum atomic E-state index is -1.08. The van der Waals surface area contributed by atoms with Crippen molar-refractivity contribution in [3.8, 4) is 0 Å². The van der Waals surface area contributed by atoms with Gasteiger partial charge >= 0.3 is 23.9 Å². The number of carbonyl (C=O) groups excluding carboxylic acids is 5. The summed E-state index contributed by atoms with van der Waals surface area (Å²) >= 11 is 0. The zero-order chi connectivity index (χ0) is 29.2. The second-order valence-corrected chi connectivity index (χ2v) is 10.4. The molecule has 38 heavy (non-hydrogen) atoms. The van der Waals surface area contributed by atoms with Gasteiger partial charge < -0.3 is 35.8 Å². The third-order valence-electron chi connectivity index (χ3n) is 4.70. The number of amides is 4. The van der Waals surface area contributed by atoms with Crippen LogP contribution in [0.5, 0.6) is 0 Å². The molecule has 13 nitrogen and oxygen atoms in total. The largest absolute Gasteiger partial charge is 0.481 e. The van der Waals surface area contributed by atoms with E-state index in [4.69, 9.17) is 14.6 Å². The third-order valence-corrected chi connectivity index (χ3v) is 4.70. The van der Waals surface area contributed by atoms with E-state index in [2.05, 4.69) is 21.3 Å². The summed E-state index contributed by atoms with van der Waals surface area (Å²) in [6.45, 7) is 9.51. The van der Waals surface area contributed by atoms with Crippen LogP contribution in [0.4, 0.5) is 4.79 Å². The highest BCUT2D eigenvalue weighted by molar-refractivity contribution is 5.86. The van der Waals surface area contributed by atoms with Crippen molar-refractivity contribution < 1.29 is 43.3 Å². The molecule has 0 bridgehead atoms. The van der Waals surface area contributed by atoms with Gasteiger partial charge in [-0.1, -0.05) is 0 Å². The Morgan fingerprint density at radius 2 is 1.21 bits per heavy atom. The van der Waals surface area contributed by atoms with E-state index in [1.54, 1.807) is 34.6 Å². The predicted molar refractivity (Wildman–Crippen MR) is 138 cm³/mol. The quantitative estimate of drug-likeness (QED) is 0.125. The van der Waals surface area contributed by atoms with Gasteiger partial charge in [-0.3, -0.25) is 24.0 Å². The first-order valence-corrected chi connectivity index (χ1v) is 12.8. The standard InChI is InChI=1S/C25H44N4O9/c1-24(2,3)37-22(35)16-25(4,5)38-21(34)10-9-15-28-23(36)27-14-8-6-7-13-26-19(31)17-29-18(30)11-12-20(32)33/h6-17H2,1-5H3,(H,26,31)(H,29,30)(H,32,33)(H2,27,28,36). The molecule has 0 saturated carbocycles. The molecule has 0 aliphatic rings. The molecule has 5 N–H and O–H groups in total. The Balaban J connectivity index is 3.78. The Kier molecular flexibility index (Phi) is 16.4. The van der Waals surface area contributed by atoms with Gasteiger partial charge in [-0.05, 0) is 60.3 Å². The van der Waals surface area contributed by atoms with Gasteiger partial charge in [0.25, 0.3) is 0 Å². The number of hydrogen-bond acceptors (Lipinski definition) is 8. The highest BCUT2D eigenvalue weighted by Crippen LogP contribution is 2.19. The predicted octanol–water partition coefficient (Wildman–Crippen LogP) is 1.39. The Labute approximate surface area is 224 Å². The van der Waals surface area contributed by atoms with E-state index in [1.165, 1.54) is 0 Å². The first-order chi connectivity index (χ1) is 17.6. The number of carboxylic acid groups (broad SMARTS) is 1. The molecule has 0 atom stereocenters. The zero-order valence-corrected chi connectivity index (χ0v) is 23.2. The molecule has 0 aliphatic heterocycles. The lowest BCUT2D eigenvalue weighted by molar-refractivity contribution is -0.168. The van der Waals surface area contributed by atoms with Crippen LogP contribution in [-0.4, -0.2) is 78.2 Å². The average Bonchev–Trinajstić information content (AvgIpc) is 2.76. The Bertz CT molecular complexity index is 807. The van der Waals surface area contributed by atoms with E-state index in [1.807, 2.05) is 0 Å². The molecular formula is C25H44N4O9. The van der Waals surface area contributed by atoms with Crippen molar-refractivity contribution in [2.75, 3.05) is 26.2 Å². The van der Waals surface area contributed by atoms with E-state index in [0.717, 1.165) is 6.42 Å². The van der Waals surface area contributed by atoms with Crippen LogP contribution in [0.1, 0.15) is 86.0 Å². The fourth-order valence-corrected chi connectivity index (χ4v) is 3.02. The van der Waals surface area contributed by atoms with Crippen LogP contribution in [0.15, 0.2) is 0 Å². The summed E-state index contributed by atoms with van der Waals surface area (Å²) in [5.74, 6) is -2.84. The molecule has 0 heterocycles. The van der Waals surface area contributed by atoms with Gasteiger partial charge in [-0.25, -0.2) is 4.79 Å². The fraction of sp³-hybridized carbons (Fsp3) is 0.760. The maximum absolute atomic E-state index is 12.1. The molecule has 0 aromatic heterocycles. The molecule has 0 spiro atoms. The monoisotopic (exact) mass is 544 g/mol. The van der Waals surface area contributed by atoms with Crippen molar-refractivity contribution in [2.24, 2.45) is 0 Å².